The van der Waals surface area contributed by atoms with Gasteiger partial charge in [0.05, 0.1) is 11.6 Å². The van der Waals surface area contributed by atoms with Crippen molar-refractivity contribution in [1.29, 1.82) is 0 Å². The van der Waals surface area contributed by atoms with Gasteiger partial charge in [-0.15, -0.1) is 11.3 Å². The summed E-state index contributed by atoms with van der Waals surface area (Å²) in [6.45, 7) is 13.6. The highest BCUT2D eigenvalue weighted by Crippen LogP contribution is 2.47. The summed E-state index contributed by atoms with van der Waals surface area (Å²) in [5.41, 5.74) is 5.81. The van der Waals surface area contributed by atoms with Crippen LogP contribution in [0.3, 0.4) is 0 Å². The van der Waals surface area contributed by atoms with Crippen LogP contribution in [0.4, 0.5) is 10.1 Å². The van der Waals surface area contributed by atoms with Crippen LogP contribution in [-0.4, -0.2) is 17.4 Å². The molecule has 0 bridgehead atoms. The molecule has 5 heteroatoms. The van der Waals surface area contributed by atoms with Gasteiger partial charge in [0.1, 0.15) is 10.8 Å². The molecule has 2 atom stereocenters. The van der Waals surface area contributed by atoms with Crippen LogP contribution in [0.1, 0.15) is 93.5 Å². The fourth-order valence-electron chi connectivity index (χ4n) is 6.04. The first kappa shape index (κ1) is 25.1. The minimum Gasteiger partial charge on any atom is -0.312 e. The molecule has 2 aromatic carbocycles. The molecular formula is C31H37FN2OS. The molecule has 0 saturated carbocycles. The second-order valence-corrected chi connectivity index (χ2v) is 12.9. The molecule has 0 saturated heterocycles. The Morgan fingerprint density at radius 2 is 1.94 bits per heavy atom. The molecule has 0 fully saturated rings. The van der Waals surface area contributed by atoms with E-state index >= 15 is 4.39 Å². The molecule has 1 amide bonds. The number of thiazole rings is 1. The summed E-state index contributed by atoms with van der Waals surface area (Å²) < 4.78 is 15.0. The maximum absolute atomic E-state index is 15.0. The number of benzene rings is 2. The van der Waals surface area contributed by atoms with Crippen molar-refractivity contribution in [2.24, 2.45) is 11.3 Å². The van der Waals surface area contributed by atoms with E-state index in [4.69, 9.17) is 4.98 Å². The SMILES string of the molecule is CCN1C(=O)C(C(C)(C)C)c2cc(Cc3cc(-c4nc5c(s4)C(C(C)C)CCC5)ccc3F)ccc21. The van der Waals surface area contributed by atoms with Crippen LogP contribution in [0.2, 0.25) is 0 Å². The fourth-order valence-corrected chi connectivity index (χ4v) is 7.45. The van der Waals surface area contributed by atoms with Crippen LogP contribution >= 0.6 is 11.3 Å². The molecule has 2 unspecified atom stereocenters. The van der Waals surface area contributed by atoms with Gasteiger partial charge in [-0.3, -0.25) is 4.79 Å². The Bertz CT molecular complexity index is 1300. The number of carbonyl (C=O) groups is 1. The van der Waals surface area contributed by atoms with Crippen LogP contribution < -0.4 is 4.90 Å². The maximum Gasteiger partial charge on any atom is 0.235 e. The second-order valence-electron chi connectivity index (χ2n) is 11.8. The molecule has 1 aliphatic carbocycles. The number of halogens is 1. The highest BCUT2D eigenvalue weighted by Gasteiger charge is 2.43. The largest absolute Gasteiger partial charge is 0.312 e. The van der Waals surface area contributed by atoms with Crippen LogP contribution in [0.15, 0.2) is 36.4 Å². The molecular weight excluding hydrogens is 467 g/mol. The summed E-state index contributed by atoms with van der Waals surface area (Å²) in [6.07, 6.45) is 3.96. The Balaban J connectivity index is 1.47. The predicted octanol–water partition coefficient (Wildman–Crippen LogP) is 8.11. The number of likely N-dealkylation sites (N-methyl/N-ethyl adjacent to an activating group) is 1. The van der Waals surface area contributed by atoms with Gasteiger partial charge in [0.15, 0.2) is 0 Å². The van der Waals surface area contributed by atoms with E-state index in [-0.39, 0.29) is 23.1 Å². The molecule has 1 aliphatic heterocycles. The van der Waals surface area contributed by atoms with Crippen LogP contribution in [0.5, 0.6) is 0 Å². The second kappa shape index (κ2) is 9.41. The van der Waals surface area contributed by atoms with Gasteiger partial charge in [-0.05, 0) is 84.4 Å². The number of rotatable bonds is 5. The van der Waals surface area contributed by atoms with Crippen molar-refractivity contribution in [1.82, 2.24) is 4.98 Å². The van der Waals surface area contributed by atoms with Crippen molar-refractivity contribution < 1.29 is 9.18 Å². The first-order valence-electron chi connectivity index (χ1n) is 13.3. The third kappa shape index (κ3) is 4.40. The molecule has 2 heterocycles. The van der Waals surface area contributed by atoms with Crippen molar-refractivity contribution in [2.45, 2.75) is 79.1 Å². The molecule has 36 heavy (non-hydrogen) atoms. The fraction of sp³-hybridized carbons (Fsp3) is 0.484. The first-order valence-corrected chi connectivity index (χ1v) is 14.1. The van der Waals surface area contributed by atoms with Crippen molar-refractivity contribution in [2.75, 3.05) is 11.4 Å². The Labute approximate surface area is 218 Å². The van der Waals surface area contributed by atoms with Gasteiger partial charge >= 0.3 is 0 Å². The van der Waals surface area contributed by atoms with Gasteiger partial charge in [-0.1, -0.05) is 46.8 Å². The highest BCUT2D eigenvalue weighted by atomic mass is 32.1. The van der Waals surface area contributed by atoms with E-state index < -0.39 is 0 Å². The highest BCUT2D eigenvalue weighted by molar-refractivity contribution is 7.15. The average Bonchev–Trinajstić information content (AvgIpc) is 3.37. The van der Waals surface area contributed by atoms with Crippen LogP contribution in [0.25, 0.3) is 10.6 Å². The van der Waals surface area contributed by atoms with Gasteiger partial charge in [0.25, 0.3) is 0 Å². The first-order chi connectivity index (χ1) is 17.1. The van der Waals surface area contributed by atoms with Crippen LogP contribution in [-0.2, 0) is 17.6 Å². The minimum absolute atomic E-state index is 0.165. The number of nitrogens with zero attached hydrogens (tertiary/aromatic N) is 2. The van der Waals surface area contributed by atoms with Crippen molar-refractivity contribution in [3.63, 3.8) is 0 Å². The van der Waals surface area contributed by atoms with Gasteiger partial charge in [-0.2, -0.15) is 0 Å². The molecule has 2 aliphatic rings. The summed E-state index contributed by atoms with van der Waals surface area (Å²) >= 11 is 1.79. The zero-order chi connectivity index (χ0) is 25.8. The number of amides is 1. The van der Waals surface area contributed by atoms with E-state index in [1.165, 1.54) is 23.4 Å². The molecule has 0 N–H and O–H groups in total. The third-order valence-electron chi connectivity index (χ3n) is 7.87. The van der Waals surface area contributed by atoms with Gasteiger partial charge in [0, 0.05) is 29.1 Å². The normalized spacial score (nSPS) is 19.7. The molecule has 3 nitrogen and oxygen atoms in total. The van der Waals surface area contributed by atoms with Crippen molar-refractivity contribution in [3.8, 4) is 10.6 Å². The topological polar surface area (TPSA) is 33.2 Å². The molecule has 0 spiro atoms. The number of aromatic nitrogens is 1. The summed E-state index contributed by atoms with van der Waals surface area (Å²) in [5.74, 6) is 0.969. The maximum atomic E-state index is 15.0. The van der Waals surface area contributed by atoms with Gasteiger partial charge in [0.2, 0.25) is 5.91 Å². The zero-order valence-electron chi connectivity index (χ0n) is 22.3. The van der Waals surface area contributed by atoms with Gasteiger partial charge in [-0.25, -0.2) is 9.37 Å². The lowest BCUT2D eigenvalue weighted by molar-refractivity contribution is -0.121. The number of hydrogen-bond donors (Lipinski definition) is 0. The predicted molar refractivity (Wildman–Crippen MR) is 147 cm³/mol. The van der Waals surface area contributed by atoms with Crippen LogP contribution in [0, 0.1) is 17.2 Å². The number of aryl methyl sites for hydroxylation is 1. The number of carbonyl (C=O) groups excluding carboxylic acids is 1. The summed E-state index contributed by atoms with van der Waals surface area (Å²) in [7, 11) is 0. The zero-order valence-corrected chi connectivity index (χ0v) is 23.1. The van der Waals surface area contributed by atoms with Crippen molar-refractivity contribution >= 4 is 22.9 Å². The summed E-state index contributed by atoms with van der Waals surface area (Å²) in [5, 5.41) is 1.000. The average molecular weight is 505 g/mol. The molecule has 3 aromatic rings. The number of hydrogen-bond acceptors (Lipinski definition) is 3. The van der Waals surface area contributed by atoms with E-state index in [2.05, 4.69) is 40.7 Å². The summed E-state index contributed by atoms with van der Waals surface area (Å²) in [6, 6.07) is 11.6. The van der Waals surface area contributed by atoms with Crippen molar-refractivity contribution in [3.05, 3.63) is 69.5 Å². The monoisotopic (exact) mass is 504 g/mol. The smallest absolute Gasteiger partial charge is 0.235 e. The summed E-state index contributed by atoms with van der Waals surface area (Å²) in [4.78, 5) is 21.5. The van der Waals surface area contributed by atoms with E-state index in [9.17, 15) is 4.79 Å². The molecule has 190 valence electrons. The van der Waals surface area contributed by atoms with E-state index in [0.717, 1.165) is 33.8 Å². The Kier molecular flexibility index (Phi) is 6.57. The Morgan fingerprint density at radius 3 is 2.64 bits per heavy atom. The lowest BCUT2D eigenvalue weighted by Crippen LogP contribution is -2.33. The minimum atomic E-state index is -0.195. The van der Waals surface area contributed by atoms with E-state index in [1.807, 2.05) is 36.1 Å². The Morgan fingerprint density at radius 1 is 1.17 bits per heavy atom. The van der Waals surface area contributed by atoms with E-state index in [0.29, 0.717) is 30.4 Å². The standard InChI is InChI=1S/C31H37FN2OS/c1-7-34-26-14-11-19(16-23(26)27(30(34)35)31(4,5)6)15-21-17-20(12-13-24(21)32)29-33-25-10-8-9-22(18(2)3)28(25)36-29/h11-14,16-18,22,27H,7-10,15H2,1-6H3. The van der Waals surface area contributed by atoms with Gasteiger partial charge < -0.3 is 4.90 Å². The van der Waals surface area contributed by atoms with E-state index in [1.54, 1.807) is 17.4 Å². The molecule has 1 aromatic heterocycles. The Hall–Kier alpha value is -2.53. The third-order valence-corrected chi connectivity index (χ3v) is 9.15. The quantitative estimate of drug-likeness (QED) is 0.352. The molecule has 5 rings (SSSR count). The lowest BCUT2D eigenvalue weighted by Gasteiger charge is -2.26. The number of fused-ring (bicyclic) bond motifs is 2. The lowest BCUT2D eigenvalue weighted by atomic mass is 9.77. The number of anilines is 1. The molecule has 0 radical (unpaired) electrons.